The summed E-state index contributed by atoms with van der Waals surface area (Å²) < 4.78 is 17.5. The molecular formula is C22H31NO3. The second-order valence-electron chi connectivity index (χ2n) is 7.46. The number of rotatable bonds is 7. The summed E-state index contributed by atoms with van der Waals surface area (Å²) in [4.78, 5) is 0. The van der Waals surface area contributed by atoms with E-state index in [0.717, 1.165) is 68.1 Å². The number of benzene rings is 1. The van der Waals surface area contributed by atoms with Gasteiger partial charge in [-0.1, -0.05) is 24.3 Å². The molecule has 1 saturated heterocycles. The number of ether oxygens (including phenoxy) is 3. The van der Waals surface area contributed by atoms with E-state index in [0.29, 0.717) is 12.5 Å². The van der Waals surface area contributed by atoms with Crippen LogP contribution in [0.3, 0.4) is 0 Å². The Kier molecular flexibility index (Phi) is 6.38. The van der Waals surface area contributed by atoms with Crippen molar-refractivity contribution in [3.8, 4) is 11.5 Å². The maximum Gasteiger partial charge on any atom is 0.130 e. The van der Waals surface area contributed by atoms with E-state index in [1.54, 1.807) is 0 Å². The fourth-order valence-corrected chi connectivity index (χ4v) is 3.49. The first-order valence-electron chi connectivity index (χ1n) is 9.74. The predicted octanol–water partition coefficient (Wildman–Crippen LogP) is 4.34. The first-order chi connectivity index (χ1) is 12.6. The van der Waals surface area contributed by atoms with E-state index in [1.165, 1.54) is 0 Å². The molecular weight excluding hydrogens is 326 g/mol. The van der Waals surface area contributed by atoms with Crippen molar-refractivity contribution in [2.75, 3.05) is 26.4 Å². The molecule has 4 nitrogen and oxygen atoms in total. The lowest BCUT2D eigenvalue weighted by Crippen LogP contribution is -2.33. The van der Waals surface area contributed by atoms with Crippen molar-refractivity contribution in [2.45, 2.75) is 45.1 Å². The quantitative estimate of drug-likeness (QED) is 0.788. The average Bonchev–Trinajstić information content (AvgIpc) is 2.64. The molecule has 1 fully saturated rings. The van der Waals surface area contributed by atoms with Crippen molar-refractivity contribution in [3.05, 3.63) is 42.0 Å². The summed E-state index contributed by atoms with van der Waals surface area (Å²) in [6.45, 7) is 7.15. The summed E-state index contributed by atoms with van der Waals surface area (Å²) in [5.41, 5.74) is 8.09. The number of hydrogen-bond donors (Lipinski definition) is 1. The van der Waals surface area contributed by atoms with Crippen molar-refractivity contribution in [1.29, 1.82) is 0 Å². The maximum atomic E-state index is 6.21. The van der Waals surface area contributed by atoms with Crippen molar-refractivity contribution < 1.29 is 14.2 Å². The molecule has 1 atom stereocenters. The SMILES string of the molecule is CCOc1cccc(OCCC2CCOCC2)c1C1=CCC(C)(N)C=C1. The molecule has 4 heteroatoms. The predicted molar refractivity (Wildman–Crippen MR) is 106 cm³/mol. The van der Waals surface area contributed by atoms with Gasteiger partial charge in [0.2, 0.25) is 0 Å². The van der Waals surface area contributed by atoms with Gasteiger partial charge in [0.05, 0.1) is 18.8 Å². The highest BCUT2D eigenvalue weighted by atomic mass is 16.5. The fraction of sp³-hybridized carbons (Fsp3) is 0.545. The molecule has 1 aromatic carbocycles. The van der Waals surface area contributed by atoms with Gasteiger partial charge >= 0.3 is 0 Å². The Labute approximate surface area is 157 Å². The van der Waals surface area contributed by atoms with Gasteiger partial charge in [-0.25, -0.2) is 0 Å². The minimum absolute atomic E-state index is 0.284. The van der Waals surface area contributed by atoms with Crippen LogP contribution in [0, 0.1) is 5.92 Å². The van der Waals surface area contributed by atoms with Crippen LogP contribution in [0.4, 0.5) is 0 Å². The monoisotopic (exact) mass is 357 g/mol. The van der Waals surface area contributed by atoms with E-state index in [1.807, 2.05) is 32.0 Å². The Hall–Kier alpha value is -1.78. The van der Waals surface area contributed by atoms with E-state index in [2.05, 4.69) is 18.2 Å². The molecule has 1 aromatic rings. The third kappa shape index (κ3) is 4.89. The number of allylic oxidation sites excluding steroid dienone is 2. The van der Waals surface area contributed by atoms with Crippen LogP contribution >= 0.6 is 0 Å². The zero-order valence-corrected chi connectivity index (χ0v) is 16.0. The standard InChI is InChI=1S/C22H31NO3/c1-3-25-19-5-4-6-20(26-16-11-17-9-14-24-15-10-17)21(19)18-7-12-22(2,23)13-8-18/h4-8,12,17H,3,9-11,13-16,23H2,1-2H3. The summed E-state index contributed by atoms with van der Waals surface area (Å²) in [6.07, 6.45) is 10.5. The Bertz CT molecular complexity index is 657. The highest BCUT2D eigenvalue weighted by Crippen LogP contribution is 2.38. The van der Waals surface area contributed by atoms with Gasteiger partial charge in [-0.05, 0) is 63.2 Å². The lowest BCUT2D eigenvalue weighted by atomic mass is 9.88. The highest BCUT2D eigenvalue weighted by molar-refractivity contribution is 5.82. The Balaban J connectivity index is 1.75. The van der Waals surface area contributed by atoms with E-state index < -0.39 is 0 Å². The third-order valence-electron chi connectivity index (χ3n) is 5.11. The summed E-state index contributed by atoms with van der Waals surface area (Å²) in [5, 5.41) is 0. The summed E-state index contributed by atoms with van der Waals surface area (Å²) in [5.74, 6) is 2.46. The fourth-order valence-electron chi connectivity index (χ4n) is 3.49. The number of hydrogen-bond acceptors (Lipinski definition) is 4. The molecule has 0 amide bonds. The second kappa shape index (κ2) is 8.74. The summed E-state index contributed by atoms with van der Waals surface area (Å²) in [7, 11) is 0. The van der Waals surface area contributed by atoms with Crippen LogP contribution in [-0.4, -0.2) is 32.0 Å². The van der Waals surface area contributed by atoms with E-state index in [9.17, 15) is 0 Å². The van der Waals surface area contributed by atoms with Gasteiger partial charge in [-0.15, -0.1) is 0 Å². The average molecular weight is 357 g/mol. The molecule has 1 aliphatic carbocycles. The Morgan fingerprint density at radius 2 is 1.92 bits per heavy atom. The van der Waals surface area contributed by atoms with Crippen molar-refractivity contribution >= 4 is 5.57 Å². The molecule has 1 unspecified atom stereocenters. The van der Waals surface area contributed by atoms with Crippen molar-refractivity contribution in [1.82, 2.24) is 0 Å². The minimum Gasteiger partial charge on any atom is -0.493 e. The van der Waals surface area contributed by atoms with Gasteiger partial charge in [-0.2, -0.15) is 0 Å². The molecule has 2 aliphatic rings. The maximum absolute atomic E-state index is 6.21. The largest absolute Gasteiger partial charge is 0.493 e. The smallest absolute Gasteiger partial charge is 0.130 e. The Morgan fingerprint density at radius 3 is 2.58 bits per heavy atom. The molecule has 3 rings (SSSR count). The molecule has 0 radical (unpaired) electrons. The van der Waals surface area contributed by atoms with E-state index >= 15 is 0 Å². The van der Waals surface area contributed by atoms with E-state index in [-0.39, 0.29) is 5.54 Å². The van der Waals surface area contributed by atoms with Gasteiger partial charge in [0.1, 0.15) is 11.5 Å². The van der Waals surface area contributed by atoms with Gasteiger partial charge in [-0.3, -0.25) is 0 Å². The van der Waals surface area contributed by atoms with Crippen LogP contribution in [0.5, 0.6) is 11.5 Å². The topological polar surface area (TPSA) is 53.7 Å². The van der Waals surface area contributed by atoms with E-state index in [4.69, 9.17) is 19.9 Å². The van der Waals surface area contributed by atoms with Crippen LogP contribution in [0.2, 0.25) is 0 Å². The molecule has 1 aliphatic heterocycles. The van der Waals surface area contributed by atoms with Crippen molar-refractivity contribution in [3.63, 3.8) is 0 Å². The van der Waals surface area contributed by atoms with Gasteiger partial charge in [0, 0.05) is 18.8 Å². The van der Waals surface area contributed by atoms with Crippen LogP contribution in [0.1, 0.15) is 45.1 Å². The molecule has 142 valence electrons. The highest BCUT2D eigenvalue weighted by Gasteiger charge is 2.21. The van der Waals surface area contributed by atoms with Crippen LogP contribution < -0.4 is 15.2 Å². The summed E-state index contributed by atoms with van der Waals surface area (Å²) in [6, 6.07) is 6.04. The third-order valence-corrected chi connectivity index (χ3v) is 5.11. The zero-order valence-electron chi connectivity index (χ0n) is 16.0. The van der Waals surface area contributed by atoms with Gasteiger partial charge in [0.25, 0.3) is 0 Å². The van der Waals surface area contributed by atoms with Crippen LogP contribution in [0.25, 0.3) is 5.57 Å². The molecule has 0 spiro atoms. The van der Waals surface area contributed by atoms with Crippen molar-refractivity contribution in [2.24, 2.45) is 11.7 Å². The Morgan fingerprint density at radius 1 is 1.19 bits per heavy atom. The second-order valence-corrected chi connectivity index (χ2v) is 7.46. The molecule has 2 N–H and O–H groups in total. The van der Waals surface area contributed by atoms with Gasteiger partial charge in [0.15, 0.2) is 0 Å². The molecule has 1 heterocycles. The molecule has 26 heavy (non-hydrogen) atoms. The summed E-state index contributed by atoms with van der Waals surface area (Å²) >= 11 is 0. The lowest BCUT2D eigenvalue weighted by Gasteiger charge is -2.25. The molecule has 0 aromatic heterocycles. The first-order valence-corrected chi connectivity index (χ1v) is 9.74. The normalized spacial score (nSPS) is 23.6. The molecule has 0 saturated carbocycles. The lowest BCUT2D eigenvalue weighted by molar-refractivity contribution is 0.0593. The zero-order chi connectivity index (χ0) is 18.4. The number of nitrogens with two attached hydrogens (primary N) is 1. The van der Waals surface area contributed by atoms with Gasteiger partial charge < -0.3 is 19.9 Å². The first kappa shape index (κ1) is 19.0. The van der Waals surface area contributed by atoms with Crippen LogP contribution in [0.15, 0.2) is 36.4 Å². The van der Waals surface area contributed by atoms with Crippen LogP contribution in [-0.2, 0) is 4.74 Å². The minimum atomic E-state index is -0.284. The molecule has 0 bridgehead atoms.